The van der Waals surface area contributed by atoms with E-state index in [1.807, 2.05) is 25.1 Å². The molecule has 0 spiro atoms. The average molecular weight is 393 g/mol. The molecule has 0 fully saturated rings. The number of anilines is 1. The maximum absolute atomic E-state index is 13.1. The van der Waals surface area contributed by atoms with E-state index in [0.29, 0.717) is 28.8 Å². The lowest BCUT2D eigenvalue weighted by molar-refractivity contribution is 0.102. The summed E-state index contributed by atoms with van der Waals surface area (Å²) in [5.74, 6) is 0.202. The summed E-state index contributed by atoms with van der Waals surface area (Å²) in [6.45, 7) is 4.58. The van der Waals surface area contributed by atoms with Gasteiger partial charge in [-0.2, -0.15) is 5.10 Å². The molecule has 3 aromatic rings. The molecule has 0 saturated heterocycles. The molecule has 1 aromatic heterocycles. The molecule has 0 radical (unpaired) electrons. The van der Waals surface area contributed by atoms with Crippen molar-refractivity contribution in [3.63, 3.8) is 0 Å². The number of aryl methyl sites for hydroxylation is 2. The fourth-order valence-electron chi connectivity index (χ4n) is 3.34. The van der Waals surface area contributed by atoms with E-state index >= 15 is 0 Å². The highest BCUT2D eigenvalue weighted by molar-refractivity contribution is 6.11. The standard InChI is InChI=1S/C23H27N3O3/c1-4-5-6-9-14-26-23(28)18-11-8-7-10-17(18)21(25-26)22(27)24-19-15-16(2)12-13-20(19)29-3/h7-8,10-13,15H,4-6,9,14H2,1-3H3,(H,24,27). The number of carbonyl (C=O) groups excluding carboxylic acids is 1. The van der Waals surface area contributed by atoms with Crippen LogP contribution in [-0.4, -0.2) is 22.8 Å². The molecule has 29 heavy (non-hydrogen) atoms. The summed E-state index contributed by atoms with van der Waals surface area (Å²) in [5, 5.41) is 8.36. The number of rotatable bonds is 8. The lowest BCUT2D eigenvalue weighted by atomic mass is 10.1. The summed E-state index contributed by atoms with van der Waals surface area (Å²) in [7, 11) is 1.56. The van der Waals surface area contributed by atoms with Crippen LogP contribution in [0.1, 0.15) is 48.7 Å². The van der Waals surface area contributed by atoms with Gasteiger partial charge in [-0.15, -0.1) is 0 Å². The Morgan fingerprint density at radius 3 is 2.59 bits per heavy atom. The zero-order valence-electron chi connectivity index (χ0n) is 17.2. The minimum Gasteiger partial charge on any atom is -0.495 e. The number of ether oxygens (including phenoxy) is 1. The van der Waals surface area contributed by atoms with Crippen LogP contribution in [0, 0.1) is 6.92 Å². The largest absolute Gasteiger partial charge is 0.495 e. The van der Waals surface area contributed by atoms with Crippen molar-refractivity contribution < 1.29 is 9.53 Å². The van der Waals surface area contributed by atoms with Crippen molar-refractivity contribution >= 4 is 22.4 Å². The van der Waals surface area contributed by atoms with Crippen molar-refractivity contribution in [3.8, 4) is 5.75 Å². The molecule has 0 aliphatic heterocycles. The van der Waals surface area contributed by atoms with Crippen molar-refractivity contribution in [2.75, 3.05) is 12.4 Å². The van der Waals surface area contributed by atoms with Gasteiger partial charge in [0.05, 0.1) is 18.2 Å². The molecule has 0 aliphatic rings. The normalized spacial score (nSPS) is 10.9. The Hall–Kier alpha value is -3.15. The first-order chi connectivity index (χ1) is 14.0. The molecule has 6 heteroatoms. The molecule has 1 amide bonds. The molecule has 6 nitrogen and oxygen atoms in total. The highest BCUT2D eigenvalue weighted by Crippen LogP contribution is 2.26. The summed E-state index contributed by atoms with van der Waals surface area (Å²) >= 11 is 0. The van der Waals surface area contributed by atoms with Crippen LogP contribution in [0.15, 0.2) is 47.3 Å². The number of nitrogens with one attached hydrogen (secondary N) is 1. The maximum atomic E-state index is 13.1. The van der Waals surface area contributed by atoms with E-state index in [9.17, 15) is 9.59 Å². The lowest BCUT2D eigenvalue weighted by Crippen LogP contribution is -2.28. The third-order valence-corrected chi connectivity index (χ3v) is 4.91. The maximum Gasteiger partial charge on any atom is 0.276 e. The van der Waals surface area contributed by atoms with Crippen LogP contribution in [-0.2, 0) is 6.54 Å². The van der Waals surface area contributed by atoms with Gasteiger partial charge in [0, 0.05) is 11.9 Å². The summed E-state index contributed by atoms with van der Waals surface area (Å²) in [5.41, 5.74) is 1.64. The van der Waals surface area contributed by atoms with E-state index in [-0.39, 0.29) is 17.2 Å². The Labute approximate surface area is 170 Å². The SMILES string of the molecule is CCCCCCn1nc(C(=O)Nc2cc(C)ccc2OC)c2ccccc2c1=O. The Morgan fingerprint density at radius 1 is 1.10 bits per heavy atom. The quantitative estimate of drug-likeness (QED) is 0.570. The smallest absolute Gasteiger partial charge is 0.276 e. The minimum atomic E-state index is -0.368. The Bertz CT molecular complexity index is 1070. The molecule has 1 heterocycles. The van der Waals surface area contributed by atoms with Gasteiger partial charge in [0.1, 0.15) is 5.75 Å². The first-order valence-electron chi connectivity index (χ1n) is 10.0. The first kappa shape index (κ1) is 20.6. The van der Waals surface area contributed by atoms with E-state index < -0.39 is 0 Å². The van der Waals surface area contributed by atoms with Crippen molar-refractivity contribution in [3.05, 3.63) is 64.1 Å². The molecular weight excluding hydrogens is 366 g/mol. The average Bonchev–Trinajstić information content (AvgIpc) is 2.73. The van der Waals surface area contributed by atoms with E-state index in [2.05, 4.69) is 17.3 Å². The van der Waals surface area contributed by atoms with Gasteiger partial charge in [-0.05, 0) is 37.1 Å². The molecular formula is C23H27N3O3. The van der Waals surface area contributed by atoms with Crippen LogP contribution in [0.4, 0.5) is 5.69 Å². The first-order valence-corrected chi connectivity index (χ1v) is 10.0. The molecule has 0 aliphatic carbocycles. The third kappa shape index (κ3) is 4.65. The van der Waals surface area contributed by atoms with Gasteiger partial charge in [0.15, 0.2) is 5.69 Å². The molecule has 2 aromatic carbocycles. The van der Waals surface area contributed by atoms with Crippen LogP contribution in [0.3, 0.4) is 0 Å². The second-order valence-corrected chi connectivity index (χ2v) is 7.14. The summed E-state index contributed by atoms with van der Waals surface area (Å²) in [6, 6.07) is 12.7. The van der Waals surface area contributed by atoms with Gasteiger partial charge in [0.25, 0.3) is 11.5 Å². The zero-order valence-corrected chi connectivity index (χ0v) is 17.2. The fourth-order valence-corrected chi connectivity index (χ4v) is 3.34. The summed E-state index contributed by atoms with van der Waals surface area (Å²) < 4.78 is 6.77. The van der Waals surface area contributed by atoms with Gasteiger partial charge in [-0.3, -0.25) is 9.59 Å². The topological polar surface area (TPSA) is 73.2 Å². The number of carbonyl (C=O) groups is 1. The van der Waals surface area contributed by atoms with Gasteiger partial charge in [0.2, 0.25) is 0 Å². The fraction of sp³-hybridized carbons (Fsp3) is 0.348. The number of amides is 1. The van der Waals surface area contributed by atoms with E-state index in [4.69, 9.17) is 4.74 Å². The van der Waals surface area contributed by atoms with Crippen LogP contribution < -0.4 is 15.6 Å². The third-order valence-electron chi connectivity index (χ3n) is 4.91. The van der Waals surface area contributed by atoms with Crippen LogP contribution in [0.25, 0.3) is 10.8 Å². The van der Waals surface area contributed by atoms with Crippen molar-refractivity contribution in [1.82, 2.24) is 9.78 Å². The lowest BCUT2D eigenvalue weighted by Gasteiger charge is -2.13. The number of nitrogens with zero attached hydrogens (tertiary/aromatic N) is 2. The van der Waals surface area contributed by atoms with Crippen LogP contribution in [0.2, 0.25) is 0 Å². The molecule has 0 saturated carbocycles. The Morgan fingerprint density at radius 2 is 1.86 bits per heavy atom. The number of methoxy groups -OCH3 is 1. The molecule has 0 bridgehead atoms. The van der Waals surface area contributed by atoms with E-state index in [0.717, 1.165) is 31.2 Å². The zero-order chi connectivity index (χ0) is 20.8. The predicted molar refractivity (Wildman–Crippen MR) is 116 cm³/mol. The minimum absolute atomic E-state index is 0.165. The molecule has 0 atom stereocenters. The van der Waals surface area contributed by atoms with Gasteiger partial charge >= 0.3 is 0 Å². The van der Waals surface area contributed by atoms with E-state index in [1.165, 1.54) is 4.68 Å². The van der Waals surface area contributed by atoms with Crippen molar-refractivity contribution in [1.29, 1.82) is 0 Å². The van der Waals surface area contributed by atoms with E-state index in [1.54, 1.807) is 31.4 Å². The van der Waals surface area contributed by atoms with Gasteiger partial charge in [-0.1, -0.05) is 50.5 Å². The Kier molecular flexibility index (Phi) is 6.65. The number of hydrogen-bond donors (Lipinski definition) is 1. The van der Waals surface area contributed by atoms with Crippen molar-refractivity contribution in [2.45, 2.75) is 46.1 Å². The van der Waals surface area contributed by atoms with Gasteiger partial charge < -0.3 is 10.1 Å². The second-order valence-electron chi connectivity index (χ2n) is 7.14. The molecule has 3 rings (SSSR count). The van der Waals surface area contributed by atoms with Crippen LogP contribution >= 0.6 is 0 Å². The Balaban J connectivity index is 1.99. The summed E-state index contributed by atoms with van der Waals surface area (Å²) in [4.78, 5) is 25.9. The predicted octanol–water partition coefficient (Wildman–Crippen LogP) is 4.55. The molecule has 152 valence electrons. The molecule has 0 unspecified atom stereocenters. The highest BCUT2D eigenvalue weighted by atomic mass is 16.5. The monoisotopic (exact) mass is 393 g/mol. The molecule has 1 N–H and O–H groups in total. The number of aromatic nitrogens is 2. The van der Waals surface area contributed by atoms with Crippen molar-refractivity contribution in [2.24, 2.45) is 0 Å². The van der Waals surface area contributed by atoms with Crippen LogP contribution in [0.5, 0.6) is 5.75 Å². The highest BCUT2D eigenvalue weighted by Gasteiger charge is 2.18. The summed E-state index contributed by atoms with van der Waals surface area (Å²) in [6.07, 6.45) is 4.11. The van der Waals surface area contributed by atoms with Gasteiger partial charge in [-0.25, -0.2) is 4.68 Å². The second kappa shape index (κ2) is 9.37. The number of fused-ring (bicyclic) bond motifs is 1. The number of benzene rings is 2. The number of unbranched alkanes of at least 4 members (excludes halogenated alkanes) is 3. The number of hydrogen-bond acceptors (Lipinski definition) is 4.